The number of aliphatic hydroxyl groups is 1. The molecule has 0 amide bonds. The first kappa shape index (κ1) is 12.8. The number of anilines is 2. The van der Waals surface area contributed by atoms with Crippen molar-refractivity contribution in [2.45, 2.75) is 39.2 Å². The zero-order valence-corrected chi connectivity index (χ0v) is 10.4. The first-order valence-electron chi connectivity index (χ1n) is 5.77. The van der Waals surface area contributed by atoms with Crippen molar-refractivity contribution >= 4 is 11.4 Å². The SMILES string of the molecule is CCCC(C)(O)CNc1ccc(C)cc1N. The van der Waals surface area contributed by atoms with Gasteiger partial charge < -0.3 is 16.2 Å². The largest absolute Gasteiger partial charge is 0.397 e. The standard InChI is InChI=1S/C13H22N2O/c1-4-7-13(3,16)9-15-12-6-5-10(2)8-11(12)14/h5-6,8,15-16H,4,7,9,14H2,1-3H3. The molecule has 0 saturated carbocycles. The lowest BCUT2D eigenvalue weighted by molar-refractivity contribution is 0.0637. The molecule has 16 heavy (non-hydrogen) atoms. The van der Waals surface area contributed by atoms with Crippen molar-refractivity contribution in [2.75, 3.05) is 17.6 Å². The van der Waals surface area contributed by atoms with E-state index in [1.165, 1.54) is 0 Å². The highest BCUT2D eigenvalue weighted by molar-refractivity contribution is 5.66. The molecule has 1 aromatic rings. The number of benzene rings is 1. The number of hydrogen-bond donors (Lipinski definition) is 3. The van der Waals surface area contributed by atoms with Crippen LogP contribution < -0.4 is 11.1 Å². The number of nitrogens with one attached hydrogen (secondary N) is 1. The van der Waals surface area contributed by atoms with Crippen LogP contribution in [0, 0.1) is 6.92 Å². The number of rotatable bonds is 5. The normalized spacial score (nSPS) is 14.5. The second kappa shape index (κ2) is 5.21. The molecule has 90 valence electrons. The number of hydrogen-bond acceptors (Lipinski definition) is 3. The van der Waals surface area contributed by atoms with Crippen LogP contribution in [0.15, 0.2) is 18.2 Å². The molecule has 0 aliphatic rings. The Bertz CT molecular complexity index is 348. The van der Waals surface area contributed by atoms with E-state index in [1.54, 1.807) is 0 Å². The summed E-state index contributed by atoms with van der Waals surface area (Å²) in [4.78, 5) is 0. The Kier molecular flexibility index (Phi) is 4.19. The molecule has 0 fully saturated rings. The molecular weight excluding hydrogens is 200 g/mol. The highest BCUT2D eigenvalue weighted by Crippen LogP contribution is 2.21. The highest BCUT2D eigenvalue weighted by Gasteiger charge is 2.18. The van der Waals surface area contributed by atoms with Gasteiger partial charge in [-0.15, -0.1) is 0 Å². The van der Waals surface area contributed by atoms with E-state index in [0.29, 0.717) is 6.54 Å². The fourth-order valence-electron chi connectivity index (χ4n) is 1.76. The number of nitrogens with two attached hydrogens (primary N) is 1. The lowest BCUT2D eigenvalue weighted by Gasteiger charge is -2.24. The van der Waals surface area contributed by atoms with Crippen LogP contribution >= 0.6 is 0 Å². The van der Waals surface area contributed by atoms with Crippen molar-refractivity contribution in [3.63, 3.8) is 0 Å². The van der Waals surface area contributed by atoms with Gasteiger partial charge in [-0.25, -0.2) is 0 Å². The molecular formula is C13H22N2O. The quantitative estimate of drug-likeness (QED) is 0.671. The van der Waals surface area contributed by atoms with Crippen LogP contribution in [0.2, 0.25) is 0 Å². The summed E-state index contributed by atoms with van der Waals surface area (Å²) in [6.45, 7) is 6.43. The van der Waals surface area contributed by atoms with Gasteiger partial charge in [0, 0.05) is 6.54 Å². The first-order valence-corrected chi connectivity index (χ1v) is 5.77. The van der Waals surface area contributed by atoms with E-state index in [2.05, 4.69) is 12.2 Å². The predicted octanol–water partition coefficient (Wildman–Crippen LogP) is 2.54. The molecule has 0 heterocycles. The average molecular weight is 222 g/mol. The Morgan fingerprint density at radius 2 is 2.12 bits per heavy atom. The minimum absolute atomic E-state index is 0.522. The summed E-state index contributed by atoms with van der Waals surface area (Å²) in [5.41, 5.74) is 7.97. The Balaban J connectivity index is 2.61. The smallest absolute Gasteiger partial charge is 0.0791 e. The van der Waals surface area contributed by atoms with Gasteiger partial charge in [0.25, 0.3) is 0 Å². The summed E-state index contributed by atoms with van der Waals surface area (Å²) in [6.07, 6.45) is 1.75. The van der Waals surface area contributed by atoms with Crippen LogP contribution in [0.4, 0.5) is 11.4 Å². The van der Waals surface area contributed by atoms with E-state index in [1.807, 2.05) is 32.0 Å². The van der Waals surface area contributed by atoms with Crippen molar-refractivity contribution in [3.05, 3.63) is 23.8 Å². The van der Waals surface area contributed by atoms with Gasteiger partial charge >= 0.3 is 0 Å². The Morgan fingerprint density at radius 3 is 2.69 bits per heavy atom. The van der Waals surface area contributed by atoms with Gasteiger partial charge in [-0.2, -0.15) is 0 Å². The topological polar surface area (TPSA) is 58.3 Å². The van der Waals surface area contributed by atoms with Gasteiger partial charge in [0.05, 0.1) is 17.0 Å². The second-order valence-corrected chi connectivity index (χ2v) is 4.69. The number of aryl methyl sites for hydroxylation is 1. The third kappa shape index (κ3) is 3.74. The maximum atomic E-state index is 10.0. The Morgan fingerprint density at radius 1 is 1.44 bits per heavy atom. The third-order valence-electron chi connectivity index (χ3n) is 2.66. The molecule has 0 aliphatic heterocycles. The zero-order valence-electron chi connectivity index (χ0n) is 10.4. The molecule has 3 nitrogen and oxygen atoms in total. The minimum atomic E-state index is -0.675. The Hall–Kier alpha value is -1.22. The van der Waals surface area contributed by atoms with E-state index < -0.39 is 5.60 Å². The molecule has 0 radical (unpaired) electrons. The lowest BCUT2D eigenvalue weighted by Crippen LogP contribution is -2.33. The van der Waals surface area contributed by atoms with Crippen LogP contribution in [-0.2, 0) is 0 Å². The lowest BCUT2D eigenvalue weighted by atomic mass is 10.0. The van der Waals surface area contributed by atoms with Crippen LogP contribution in [0.1, 0.15) is 32.3 Å². The van der Waals surface area contributed by atoms with Crippen LogP contribution in [0.25, 0.3) is 0 Å². The van der Waals surface area contributed by atoms with Gasteiger partial charge in [0.2, 0.25) is 0 Å². The van der Waals surface area contributed by atoms with Gasteiger partial charge in [0.15, 0.2) is 0 Å². The summed E-state index contributed by atoms with van der Waals surface area (Å²) < 4.78 is 0. The Labute approximate surface area is 97.7 Å². The van der Waals surface area contributed by atoms with Crippen molar-refractivity contribution in [2.24, 2.45) is 0 Å². The molecule has 0 saturated heterocycles. The van der Waals surface area contributed by atoms with Gasteiger partial charge in [-0.3, -0.25) is 0 Å². The maximum absolute atomic E-state index is 10.0. The van der Waals surface area contributed by atoms with Crippen LogP contribution in [0.5, 0.6) is 0 Å². The van der Waals surface area contributed by atoms with Gasteiger partial charge in [-0.1, -0.05) is 19.4 Å². The molecule has 4 N–H and O–H groups in total. The summed E-state index contributed by atoms with van der Waals surface area (Å²) in [5, 5.41) is 13.2. The van der Waals surface area contributed by atoms with Gasteiger partial charge in [0.1, 0.15) is 0 Å². The monoisotopic (exact) mass is 222 g/mol. The summed E-state index contributed by atoms with van der Waals surface area (Å²) in [7, 11) is 0. The highest BCUT2D eigenvalue weighted by atomic mass is 16.3. The summed E-state index contributed by atoms with van der Waals surface area (Å²) >= 11 is 0. The van der Waals surface area contributed by atoms with Crippen molar-refractivity contribution in [1.29, 1.82) is 0 Å². The molecule has 1 rings (SSSR count). The maximum Gasteiger partial charge on any atom is 0.0791 e. The fraction of sp³-hybridized carbons (Fsp3) is 0.538. The molecule has 0 aromatic heterocycles. The molecule has 1 unspecified atom stereocenters. The fourth-order valence-corrected chi connectivity index (χ4v) is 1.76. The molecule has 3 heteroatoms. The van der Waals surface area contributed by atoms with E-state index in [9.17, 15) is 5.11 Å². The molecule has 1 aromatic carbocycles. The molecule has 0 aliphatic carbocycles. The van der Waals surface area contributed by atoms with E-state index in [0.717, 1.165) is 29.8 Å². The number of nitrogen functional groups attached to an aromatic ring is 1. The predicted molar refractivity (Wildman–Crippen MR) is 69.6 cm³/mol. The first-order chi connectivity index (χ1) is 7.44. The van der Waals surface area contributed by atoms with Crippen molar-refractivity contribution in [1.82, 2.24) is 0 Å². The van der Waals surface area contributed by atoms with Gasteiger partial charge in [-0.05, 0) is 38.0 Å². The van der Waals surface area contributed by atoms with E-state index in [4.69, 9.17) is 5.73 Å². The average Bonchev–Trinajstić information content (AvgIpc) is 2.16. The van der Waals surface area contributed by atoms with E-state index >= 15 is 0 Å². The molecule has 1 atom stereocenters. The van der Waals surface area contributed by atoms with E-state index in [-0.39, 0.29) is 0 Å². The van der Waals surface area contributed by atoms with Crippen LogP contribution in [0.3, 0.4) is 0 Å². The zero-order chi connectivity index (χ0) is 12.2. The minimum Gasteiger partial charge on any atom is -0.397 e. The second-order valence-electron chi connectivity index (χ2n) is 4.69. The summed E-state index contributed by atoms with van der Waals surface area (Å²) in [5.74, 6) is 0. The van der Waals surface area contributed by atoms with Crippen molar-refractivity contribution in [3.8, 4) is 0 Å². The van der Waals surface area contributed by atoms with Crippen LogP contribution in [-0.4, -0.2) is 17.3 Å². The third-order valence-corrected chi connectivity index (χ3v) is 2.66. The molecule has 0 spiro atoms. The molecule has 0 bridgehead atoms. The summed E-state index contributed by atoms with van der Waals surface area (Å²) in [6, 6.07) is 5.89. The van der Waals surface area contributed by atoms with Crippen molar-refractivity contribution < 1.29 is 5.11 Å².